The highest BCUT2D eigenvalue weighted by Crippen LogP contribution is 2.37. The highest BCUT2D eigenvalue weighted by molar-refractivity contribution is 5.02. The maximum Gasteiger partial charge on any atom is 0.110 e. The van der Waals surface area contributed by atoms with Gasteiger partial charge in [-0.25, -0.2) is 4.98 Å². The topological polar surface area (TPSA) is 53.1 Å². The summed E-state index contributed by atoms with van der Waals surface area (Å²) in [6.45, 7) is 8.22. The van der Waals surface area contributed by atoms with E-state index in [1.54, 1.807) is 0 Å². The highest BCUT2D eigenvalue weighted by atomic mass is 16.5. The number of aromatic nitrogens is 2. The van der Waals surface area contributed by atoms with Crippen LogP contribution in [0.3, 0.4) is 0 Å². The molecule has 0 bridgehead atoms. The lowest BCUT2D eigenvalue weighted by molar-refractivity contribution is -0.0887. The van der Waals surface area contributed by atoms with Crippen LogP contribution in [0.5, 0.6) is 0 Å². The molecule has 1 aliphatic carbocycles. The minimum absolute atomic E-state index is 0.0302. The number of hydrogen-bond donors (Lipinski definition) is 1. The Morgan fingerprint density at radius 1 is 1.45 bits per heavy atom. The zero-order valence-corrected chi connectivity index (χ0v) is 13.1. The Hall–Kier alpha value is -0.870. The molecule has 0 aromatic carbocycles. The van der Waals surface area contributed by atoms with Crippen LogP contribution in [0.4, 0.5) is 0 Å². The molecule has 2 N–H and O–H groups in total. The maximum absolute atomic E-state index is 6.55. The lowest BCUT2D eigenvalue weighted by Crippen LogP contribution is -2.53. The van der Waals surface area contributed by atoms with E-state index in [1.165, 1.54) is 12.8 Å². The summed E-state index contributed by atoms with van der Waals surface area (Å²) in [5, 5.41) is 0. The average molecular weight is 279 g/mol. The SMILES string of the molecule is CCOC1(C(N)Cc2nccn2CC)CCC(C)CC1. The Morgan fingerprint density at radius 2 is 2.15 bits per heavy atom. The monoisotopic (exact) mass is 279 g/mol. The van der Waals surface area contributed by atoms with Gasteiger partial charge in [0.1, 0.15) is 5.82 Å². The summed E-state index contributed by atoms with van der Waals surface area (Å²) >= 11 is 0. The van der Waals surface area contributed by atoms with E-state index in [2.05, 4.69) is 30.3 Å². The second-order valence-electron chi connectivity index (χ2n) is 6.12. The Morgan fingerprint density at radius 3 is 2.75 bits per heavy atom. The van der Waals surface area contributed by atoms with Crippen LogP contribution in [-0.2, 0) is 17.7 Å². The van der Waals surface area contributed by atoms with Gasteiger partial charge in [0.15, 0.2) is 0 Å². The molecular weight excluding hydrogens is 250 g/mol. The molecular formula is C16H29N3O. The zero-order valence-electron chi connectivity index (χ0n) is 13.1. The van der Waals surface area contributed by atoms with Crippen molar-refractivity contribution in [2.24, 2.45) is 11.7 Å². The van der Waals surface area contributed by atoms with E-state index >= 15 is 0 Å². The van der Waals surface area contributed by atoms with E-state index in [0.717, 1.165) is 44.2 Å². The van der Waals surface area contributed by atoms with E-state index in [1.807, 2.05) is 12.4 Å². The predicted molar refractivity (Wildman–Crippen MR) is 81.6 cm³/mol. The van der Waals surface area contributed by atoms with Crippen LogP contribution in [0, 0.1) is 5.92 Å². The summed E-state index contributed by atoms with van der Waals surface area (Å²) < 4.78 is 8.31. The molecule has 4 heteroatoms. The Balaban J connectivity index is 2.09. The van der Waals surface area contributed by atoms with Gasteiger partial charge in [0.2, 0.25) is 0 Å². The van der Waals surface area contributed by atoms with Crippen LogP contribution < -0.4 is 5.73 Å². The van der Waals surface area contributed by atoms with Crippen molar-refractivity contribution < 1.29 is 4.74 Å². The van der Waals surface area contributed by atoms with E-state index in [4.69, 9.17) is 10.5 Å². The Labute approximate surface area is 122 Å². The predicted octanol–water partition coefficient (Wildman–Crippen LogP) is 2.76. The molecule has 1 saturated carbocycles. The fraction of sp³-hybridized carbons (Fsp3) is 0.812. The molecule has 1 unspecified atom stereocenters. The summed E-state index contributed by atoms with van der Waals surface area (Å²) in [5.41, 5.74) is 6.40. The van der Waals surface area contributed by atoms with Crippen LogP contribution >= 0.6 is 0 Å². The third-order valence-corrected chi connectivity index (χ3v) is 4.77. The highest BCUT2D eigenvalue weighted by Gasteiger charge is 2.40. The van der Waals surface area contributed by atoms with Gasteiger partial charge in [-0.1, -0.05) is 6.92 Å². The van der Waals surface area contributed by atoms with Gasteiger partial charge >= 0.3 is 0 Å². The van der Waals surface area contributed by atoms with Gasteiger partial charge in [0.25, 0.3) is 0 Å². The van der Waals surface area contributed by atoms with Gasteiger partial charge in [0, 0.05) is 38.0 Å². The molecule has 20 heavy (non-hydrogen) atoms. The molecule has 1 aliphatic rings. The molecule has 114 valence electrons. The van der Waals surface area contributed by atoms with Crippen molar-refractivity contribution in [1.29, 1.82) is 0 Å². The quantitative estimate of drug-likeness (QED) is 0.871. The molecule has 1 aromatic heterocycles. The summed E-state index contributed by atoms with van der Waals surface area (Å²) in [4.78, 5) is 4.46. The van der Waals surface area contributed by atoms with Gasteiger partial charge in [0.05, 0.1) is 5.60 Å². The van der Waals surface area contributed by atoms with Crippen LogP contribution in [0.15, 0.2) is 12.4 Å². The first-order chi connectivity index (χ1) is 9.61. The minimum Gasteiger partial charge on any atom is -0.374 e. The first-order valence-electron chi connectivity index (χ1n) is 8.00. The molecule has 0 saturated heterocycles. The third kappa shape index (κ3) is 3.23. The fourth-order valence-electron chi connectivity index (χ4n) is 3.36. The van der Waals surface area contributed by atoms with Crippen molar-refractivity contribution in [3.8, 4) is 0 Å². The van der Waals surface area contributed by atoms with Crippen molar-refractivity contribution in [2.45, 2.75) is 71.1 Å². The molecule has 1 aromatic rings. The van der Waals surface area contributed by atoms with E-state index in [-0.39, 0.29) is 11.6 Å². The van der Waals surface area contributed by atoms with E-state index in [0.29, 0.717) is 0 Å². The van der Waals surface area contributed by atoms with Gasteiger partial charge in [-0.3, -0.25) is 0 Å². The summed E-state index contributed by atoms with van der Waals surface area (Å²) in [6, 6.07) is 0.0302. The summed E-state index contributed by atoms with van der Waals surface area (Å²) in [5.74, 6) is 1.88. The van der Waals surface area contributed by atoms with Crippen LogP contribution in [0.1, 0.15) is 52.3 Å². The second-order valence-corrected chi connectivity index (χ2v) is 6.12. The van der Waals surface area contributed by atoms with Crippen molar-refractivity contribution in [1.82, 2.24) is 9.55 Å². The number of rotatable bonds is 6. The molecule has 0 amide bonds. The number of nitrogens with two attached hydrogens (primary N) is 1. The molecule has 0 aliphatic heterocycles. The minimum atomic E-state index is -0.147. The molecule has 1 atom stereocenters. The first-order valence-corrected chi connectivity index (χ1v) is 8.00. The molecule has 0 radical (unpaired) electrons. The summed E-state index contributed by atoms with van der Waals surface area (Å²) in [6.07, 6.45) is 9.28. The van der Waals surface area contributed by atoms with Crippen LogP contribution in [-0.4, -0.2) is 27.8 Å². The van der Waals surface area contributed by atoms with Crippen LogP contribution in [0.2, 0.25) is 0 Å². The number of hydrogen-bond acceptors (Lipinski definition) is 3. The number of nitrogens with zero attached hydrogens (tertiary/aromatic N) is 2. The fourth-order valence-corrected chi connectivity index (χ4v) is 3.36. The normalized spacial score (nSPS) is 28.5. The standard InChI is InChI=1S/C16H29N3O/c1-4-19-11-10-18-15(19)12-14(17)16(20-5-2)8-6-13(3)7-9-16/h10-11,13-14H,4-9,12,17H2,1-3H3. The first kappa shape index (κ1) is 15.5. The van der Waals surface area contributed by atoms with Gasteiger partial charge in [-0.15, -0.1) is 0 Å². The molecule has 4 nitrogen and oxygen atoms in total. The lowest BCUT2D eigenvalue weighted by Gasteiger charge is -2.43. The molecule has 1 heterocycles. The average Bonchev–Trinajstić information content (AvgIpc) is 2.89. The van der Waals surface area contributed by atoms with Crippen molar-refractivity contribution in [3.05, 3.63) is 18.2 Å². The van der Waals surface area contributed by atoms with Gasteiger partial charge in [-0.2, -0.15) is 0 Å². The maximum atomic E-state index is 6.55. The lowest BCUT2D eigenvalue weighted by atomic mass is 9.74. The van der Waals surface area contributed by atoms with Crippen molar-refractivity contribution in [2.75, 3.05) is 6.61 Å². The zero-order chi connectivity index (χ0) is 14.6. The van der Waals surface area contributed by atoms with E-state index in [9.17, 15) is 0 Å². The Bertz CT molecular complexity index is 408. The largest absolute Gasteiger partial charge is 0.374 e. The van der Waals surface area contributed by atoms with Crippen molar-refractivity contribution >= 4 is 0 Å². The molecule has 1 fully saturated rings. The Kier molecular flexibility index (Phi) is 5.22. The molecule has 2 rings (SSSR count). The third-order valence-electron chi connectivity index (χ3n) is 4.77. The van der Waals surface area contributed by atoms with Gasteiger partial charge < -0.3 is 15.0 Å². The second kappa shape index (κ2) is 6.72. The number of ether oxygens (including phenoxy) is 1. The smallest absolute Gasteiger partial charge is 0.110 e. The van der Waals surface area contributed by atoms with Crippen LogP contribution in [0.25, 0.3) is 0 Å². The van der Waals surface area contributed by atoms with E-state index < -0.39 is 0 Å². The van der Waals surface area contributed by atoms with Crippen molar-refractivity contribution in [3.63, 3.8) is 0 Å². The van der Waals surface area contributed by atoms with Gasteiger partial charge in [-0.05, 0) is 45.4 Å². The summed E-state index contributed by atoms with van der Waals surface area (Å²) in [7, 11) is 0. The number of imidazole rings is 1. The molecule has 0 spiro atoms. The number of aryl methyl sites for hydroxylation is 1.